The van der Waals surface area contributed by atoms with Crippen LogP contribution >= 0.6 is 27.3 Å². The van der Waals surface area contributed by atoms with Gasteiger partial charge >= 0.3 is 0 Å². The van der Waals surface area contributed by atoms with Gasteiger partial charge in [-0.1, -0.05) is 0 Å². The molecule has 1 aliphatic heterocycles. The summed E-state index contributed by atoms with van der Waals surface area (Å²) in [6.07, 6.45) is 1.45. The van der Waals surface area contributed by atoms with Gasteiger partial charge in [0.2, 0.25) is 0 Å². The molecule has 4 nitrogen and oxygen atoms in total. The van der Waals surface area contributed by atoms with E-state index in [-0.39, 0.29) is 12.0 Å². The quantitative estimate of drug-likeness (QED) is 0.841. The Morgan fingerprint density at radius 2 is 2.37 bits per heavy atom. The molecule has 1 unspecified atom stereocenters. The summed E-state index contributed by atoms with van der Waals surface area (Å²) in [5.41, 5.74) is 0. The van der Waals surface area contributed by atoms with Crippen molar-refractivity contribution in [2.24, 2.45) is 0 Å². The molecule has 6 heteroatoms. The van der Waals surface area contributed by atoms with Crippen LogP contribution in [0.1, 0.15) is 21.5 Å². The zero-order chi connectivity index (χ0) is 13.2. The van der Waals surface area contributed by atoms with E-state index >= 15 is 0 Å². The zero-order valence-electron chi connectivity index (χ0n) is 10.0. The maximum Gasteiger partial charge on any atom is 0.265 e. The van der Waals surface area contributed by atoms with Gasteiger partial charge in [-0.15, -0.1) is 11.3 Å². The first-order valence-corrected chi connectivity index (χ1v) is 7.60. The summed E-state index contributed by atoms with van der Waals surface area (Å²) in [6, 6.07) is 5.59. The van der Waals surface area contributed by atoms with Crippen molar-refractivity contribution in [3.63, 3.8) is 0 Å². The van der Waals surface area contributed by atoms with E-state index in [0.29, 0.717) is 19.7 Å². The Bertz CT molecular complexity index is 566. The van der Waals surface area contributed by atoms with E-state index < -0.39 is 0 Å². The van der Waals surface area contributed by atoms with Crippen molar-refractivity contribution in [2.45, 2.75) is 6.10 Å². The van der Waals surface area contributed by atoms with Crippen molar-refractivity contribution >= 4 is 33.2 Å². The molecule has 19 heavy (non-hydrogen) atoms. The average molecular weight is 342 g/mol. The number of thiophene rings is 1. The second-order valence-electron chi connectivity index (χ2n) is 4.22. The van der Waals surface area contributed by atoms with Crippen LogP contribution in [0.2, 0.25) is 0 Å². The van der Waals surface area contributed by atoms with Crippen molar-refractivity contribution in [3.8, 4) is 0 Å². The van der Waals surface area contributed by atoms with Crippen LogP contribution in [0.25, 0.3) is 0 Å². The topological polar surface area (TPSA) is 42.7 Å². The normalized spacial score (nSPS) is 19.6. The molecule has 1 amide bonds. The number of rotatable bonds is 2. The summed E-state index contributed by atoms with van der Waals surface area (Å²) >= 11 is 4.85. The van der Waals surface area contributed by atoms with E-state index in [9.17, 15) is 4.79 Å². The zero-order valence-corrected chi connectivity index (χ0v) is 12.4. The van der Waals surface area contributed by atoms with Crippen LogP contribution in [0.5, 0.6) is 0 Å². The second-order valence-corrected chi connectivity index (χ2v) is 5.99. The van der Waals surface area contributed by atoms with Crippen LogP contribution in [-0.2, 0) is 4.74 Å². The third-order valence-corrected chi connectivity index (χ3v) is 4.85. The number of morpholine rings is 1. The van der Waals surface area contributed by atoms with Gasteiger partial charge in [-0.2, -0.15) is 0 Å². The summed E-state index contributed by atoms with van der Waals surface area (Å²) in [5.74, 6) is 0.810. The first kappa shape index (κ1) is 12.9. The van der Waals surface area contributed by atoms with Crippen LogP contribution in [0.15, 0.2) is 38.7 Å². The Kier molecular flexibility index (Phi) is 3.72. The fourth-order valence-electron chi connectivity index (χ4n) is 2.07. The SMILES string of the molecule is O=C(c1sccc1Br)N1CCOC(c2ccco2)C1. The van der Waals surface area contributed by atoms with E-state index in [1.807, 2.05) is 28.5 Å². The molecule has 1 aliphatic rings. The largest absolute Gasteiger partial charge is 0.467 e. The van der Waals surface area contributed by atoms with Crippen LogP contribution in [-0.4, -0.2) is 30.5 Å². The van der Waals surface area contributed by atoms with E-state index in [0.717, 1.165) is 15.1 Å². The molecule has 0 aromatic carbocycles. The fraction of sp³-hybridized carbons (Fsp3) is 0.308. The van der Waals surface area contributed by atoms with Crippen LogP contribution in [0.3, 0.4) is 0 Å². The van der Waals surface area contributed by atoms with E-state index in [1.54, 1.807) is 6.26 Å². The third kappa shape index (κ3) is 2.61. The molecule has 0 spiro atoms. The smallest absolute Gasteiger partial charge is 0.265 e. The maximum atomic E-state index is 12.4. The van der Waals surface area contributed by atoms with Gasteiger partial charge in [0, 0.05) is 11.0 Å². The van der Waals surface area contributed by atoms with Gasteiger partial charge in [0.15, 0.2) is 0 Å². The summed E-state index contributed by atoms with van der Waals surface area (Å²) in [4.78, 5) is 15.0. The first-order valence-electron chi connectivity index (χ1n) is 5.93. The minimum atomic E-state index is -0.175. The molecule has 0 radical (unpaired) electrons. The number of ether oxygens (including phenoxy) is 1. The first-order chi connectivity index (χ1) is 9.25. The van der Waals surface area contributed by atoms with Gasteiger partial charge in [0.1, 0.15) is 16.7 Å². The number of carbonyl (C=O) groups excluding carboxylic acids is 1. The molecule has 2 aromatic rings. The summed E-state index contributed by atoms with van der Waals surface area (Å²) in [6.45, 7) is 1.66. The van der Waals surface area contributed by atoms with Gasteiger partial charge in [0.25, 0.3) is 5.91 Å². The number of hydrogen-bond donors (Lipinski definition) is 0. The molecule has 0 N–H and O–H groups in total. The Labute approximate surface area is 123 Å². The Morgan fingerprint density at radius 1 is 1.47 bits per heavy atom. The Hall–Kier alpha value is -1.11. The second kappa shape index (κ2) is 5.48. The molecule has 2 aromatic heterocycles. The number of halogens is 1. The lowest BCUT2D eigenvalue weighted by Crippen LogP contribution is -2.42. The van der Waals surface area contributed by atoms with Crippen LogP contribution in [0, 0.1) is 0 Å². The monoisotopic (exact) mass is 341 g/mol. The molecule has 3 rings (SSSR count). The van der Waals surface area contributed by atoms with Gasteiger partial charge in [-0.05, 0) is 39.5 Å². The summed E-state index contributed by atoms with van der Waals surface area (Å²) in [7, 11) is 0. The predicted molar refractivity (Wildman–Crippen MR) is 75.3 cm³/mol. The molecule has 100 valence electrons. The molecule has 0 aliphatic carbocycles. The van der Waals surface area contributed by atoms with Crippen molar-refractivity contribution in [1.82, 2.24) is 4.90 Å². The molecule has 1 atom stereocenters. The lowest BCUT2D eigenvalue weighted by Gasteiger charge is -2.31. The summed E-state index contributed by atoms with van der Waals surface area (Å²) in [5, 5.41) is 1.90. The van der Waals surface area contributed by atoms with Gasteiger partial charge in [-0.25, -0.2) is 0 Å². The lowest BCUT2D eigenvalue weighted by molar-refractivity contribution is -0.0320. The van der Waals surface area contributed by atoms with Gasteiger partial charge in [0.05, 0.1) is 19.4 Å². The van der Waals surface area contributed by atoms with Gasteiger partial charge < -0.3 is 14.1 Å². The van der Waals surface area contributed by atoms with Crippen molar-refractivity contribution < 1.29 is 13.9 Å². The number of hydrogen-bond acceptors (Lipinski definition) is 4. The number of carbonyl (C=O) groups is 1. The molecular weight excluding hydrogens is 330 g/mol. The number of amides is 1. The number of nitrogens with zero attached hydrogens (tertiary/aromatic N) is 1. The minimum absolute atomic E-state index is 0.0433. The predicted octanol–water partition coefficient (Wildman–Crippen LogP) is 3.32. The van der Waals surface area contributed by atoms with Crippen molar-refractivity contribution in [3.05, 3.63) is 45.0 Å². The molecule has 0 bridgehead atoms. The Balaban J connectivity index is 1.75. The highest BCUT2D eigenvalue weighted by Crippen LogP contribution is 2.27. The van der Waals surface area contributed by atoms with E-state index in [2.05, 4.69) is 15.9 Å². The molecule has 0 saturated carbocycles. The molecule has 3 heterocycles. The van der Waals surface area contributed by atoms with Gasteiger partial charge in [-0.3, -0.25) is 4.79 Å². The van der Waals surface area contributed by atoms with Crippen LogP contribution in [0.4, 0.5) is 0 Å². The highest BCUT2D eigenvalue weighted by atomic mass is 79.9. The fourth-order valence-corrected chi connectivity index (χ4v) is 3.58. The molecule has 1 saturated heterocycles. The van der Waals surface area contributed by atoms with Crippen molar-refractivity contribution in [1.29, 1.82) is 0 Å². The number of furan rings is 1. The highest BCUT2D eigenvalue weighted by Gasteiger charge is 2.28. The standard InChI is InChI=1S/C13H12BrNO3S/c14-9-3-7-19-12(9)13(16)15-4-6-18-11(8-15)10-2-1-5-17-10/h1-3,5,7,11H,4,6,8H2. The Morgan fingerprint density at radius 3 is 3.05 bits per heavy atom. The van der Waals surface area contributed by atoms with Crippen LogP contribution < -0.4 is 0 Å². The van der Waals surface area contributed by atoms with E-state index in [4.69, 9.17) is 9.15 Å². The highest BCUT2D eigenvalue weighted by molar-refractivity contribution is 9.10. The molecular formula is C13H12BrNO3S. The molecule has 1 fully saturated rings. The summed E-state index contributed by atoms with van der Waals surface area (Å²) < 4.78 is 11.9. The lowest BCUT2D eigenvalue weighted by atomic mass is 10.2. The maximum absolute atomic E-state index is 12.4. The van der Waals surface area contributed by atoms with Crippen molar-refractivity contribution in [2.75, 3.05) is 19.7 Å². The minimum Gasteiger partial charge on any atom is -0.467 e. The van der Waals surface area contributed by atoms with E-state index in [1.165, 1.54) is 11.3 Å². The third-order valence-electron chi connectivity index (χ3n) is 3.03. The average Bonchev–Trinajstić information content (AvgIpc) is 3.09.